The van der Waals surface area contributed by atoms with Gasteiger partial charge in [-0.1, -0.05) is 26.0 Å². The zero-order chi connectivity index (χ0) is 13.1. The molecule has 1 aromatic rings. The van der Waals surface area contributed by atoms with Crippen LogP contribution in [0.4, 0.5) is 0 Å². The lowest BCUT2D eigenvalue weighted by Gasteiger charge is -2.29. The lowest BCUT2D eigenvalue weighted by molar-refractivity contribution is 0.0348. The van der Waals surface area contributed by atoms with Gasteiger partial charge in [-0.2, -0.15) is 0 Å². The molecule has 100 valence electrons. The van der Waals surface area contributed by atoms with Crippen molar-refractivity contribution in [3.8, 4) is 5.75 Å². The number of ether oxygens (including phenoxy) is 2. The molecule has 1 aliphatic rings. The van der Waals surface area contributed by atoms with Crippen molar-refractivity contribution in [2.45, 2.75) is 32.4 Å². The van der Waals surface area contributed by atoms with Crippen LogP contribution >= 0.6 is 0 Å². The highest BCUT2D eigenvalue weighted by molar-refractivity contribution is 5.41. The maximum absolute atomic E-state index is 5.64. The van der Waals surface area contributed by atoms with E-state index in [1.54, 1.807) is 7.11 Å². The molecule has 0 fully saturated rings. The first kappa shape index (κ1) is 13.4. The topological polar surface area (TPSA) is 30.5 Å². The normalized spacial score (nSPS) is 17.4. The molecule has 0 saturated carbocycles. The molecule has 2 atom stereocenters. The number of fused-ring (bicyclic) bond motifs is 1. The average Bonchev–Trinajstić information content (AvgIpc) is 2.82. The van der Waals surface area contributed by atoms with Crippen molar-refractivity contribution in [1.82, 2.24) is 5.32 Å². The van der Waals surface area contributed by atoms with Gasteiger partial charge in [0, 0.05) is 13.5 Å². The van der Waals surface area contributed by atoms with Crippen LogP contribution in [0.25, 0.3) is 0 Å². The van der Waals surface area contributed by atoms with Gasteiger partial charge in [0.25, 0.3) is 0 Å². The van der Waals surface area contributed by atoms with E-state index < -0.39 is 0 Å². The Bertz CT molecular complexity index is 403. The molecule has 1 N–H and O–H groups in total. The van der Waals surface area contributed by atoms with Crippen LogP contribution in [0, 0.1) is 5.92 Å². The van der Waals surface area contributed by atoms with Gasteiger partial charge in [-0.15, -0.1) is 0 Å². The van der Waals surface area contributed by atoms with Gasteiger partial charge in [0.1, 0.15) is 5.75 Å². The van der Waals surface area contributed by atoms with Crippen molar-refractivity contribution < 1.29 is 9.47 Å². The molecule has 0 saturated heterocycles. The maximum Gasteiger partial charge on any atom is 0.122 e. The summed E-state index contributed by atoms with van der Waals surface area (Å²) in [5.74, 6) is 1.50. The second-order valence-electron chi connectivity index (χ2n) is 5.18. The largest absolute Gasteiger partial charge is 0.493 e. The summed E-state index contributed by atoms with van der Waals surface area (Å²) in [4.78, 5) is 0. The van der Waals surface area contributed by atoms with E-state index in [1.165, 1.54) is 11.1 Å². The first-order chi connectivity index (χ1) is 8.67. The molecule has 0 spiro atoms. The van der Waals surface area contributed by atoms with E-state index in [0.29, 0.717) is 5.92 Å². The number of hydrogen-bond donors (Lipinski definition) is 1. The summed E-state index contributed by atoms with van der Waals surface area (Å²) in [6, 6.07) is 6.69. The van der Waals surface area contributed by atoms with Gasteiger partial charge >= 0.3 is 0 Å². The molecule has 2 unspecified atom stereocenters. The van der Waals surface area contributed by atoms with Crippen LogP contribution < -0.4 is 10.1 Å². The highest BCUT2D eigenvalue weighted by atomic mass is 16.5. The third-order valence-electron chi connectivity index (χ3n) is 3.64. The molecule has 0 aliphatic carbocycles. The summed E-state index contributed by atoms with van der Waals surface area (Å²) >= 11 is 0. The summed E-state index contributed by atoms with van der Waals surface area (Å²) in [7, 11) is 3.77. The SMILES string of the molecule is CNC(c1ccc2c(c1)CCO2)C(OC)C(C)C. The summed E-state index contributed by atoms with van der Waals surface area (Å²) < 4.78 is 11.2. The monoisotopic (exact) mass is 249 g/mol. The minimum Gasteiger partial charge on any atom is -0.493 e. The van der Waals surface area contributed by atoms with Crippen LogP contribution in [0.15, 0.2) is 18.2 Å². The quantitative estimate of drug-likeness (QED) is 0.870. The molecule has 3 nitrogen and oxygen atoms in total. The standard InChI is InChI=1S/C15H23NO2/c1-10(2)15(17-4)14(16-3)12-5-6-13-11(9-12)7-8-18-13/h5-6,9-10,14-16H,7-8H2,1-4H3. The van der Waals surface area contributed by atoms with E-state index in [1.807, 2.05) is 7.05 Å². The molecule has 3 heteroatoms. The van der Waals surface area contributed by atoms with E-state index in [0.717, 1.165) is 18.8 Å². The Balaban J connectivity index is 2.27. The number of benzene rings is 1. The summed E-state index contributed by atoms with van der Waals surface area (Å²) in [6.45, 7) is 5.19. The lowest BCUT2D eigenvalue weighted by Crippen LogP contribution is -2.34. The second kappa shape index (κ2) is 5.72. The smallest absolute Gasteiger partial charge is 0.122 e. The van der Waals surface area contributed by atoms with E-state index in [-0.39, 0.29) is 12.1 Å². The van der Waals surface area contributed by atoms with Crippen LogP contribution in [0.1, 0.15) is 31.0 Å². The maximum atomic E-state index is 5.64. The molecule has 0 amide bonds. The van der Waals surface area contributed by atoms with Crippen molar-refractivity contribution in [2.75, 3.05) is 20.8 Å². The van der Waals surface area contributed by atoms with Gasteiger partial charge < -0.3 is 14.8 Å². The minimum atomic E-state index is 0.176. The van der Waals surface area contributed by atoms with Crippen LogP contribution in [-0.2, 0) is 11.2 Å². The first-order valence-corrected chi connectivity index (χ1v) is 6.63. The molecule has 2 rings (SSSR count). The Labute approximate surface area is 109 Å². The molecule has 1 aliphatic heterocycles. The zero-order valence-electron chi connectivity index (χ0n) is 11.7. The van der Waals surface area contributed by atoms with Crippen LogP contribution in [-0.4, -0.2) is 26.9 Å². The predicted octanol–water partition coefficient (Wildman–Crippen LogP) is 2.55. The number of nitrogens with one attached hydrogen (secondary N) is 1. The number of likely N-dealkylation sites (N-methyl/N-ethyl adjacent to an activating group) is 1. The summed E-state index contributed by atoms with van der Waals surface area (Å²) in [6.07, 6.45) is 1.19. The van der Waals surface area contributed by atoms with Crippen molar-refractivity contribution in [1.29, 1.82) is 0 Å². The van der Waals surface area contributed by atoms with Crippen molar-refractivity contribution >= 4 is 0 Å². The third-order valence-corrected chi connectivity index (χ3v) is 3.64. The molecular formula is C15H23NO2. The fourth-order valence-electron chi connectivity index (χ4n) is 2.71. The first-order valence-electron chi connectivity index (χ1n) is 6.63. The van der Waals surface area contributed by atoms with Crippen molar-refractivity contribution in [2.24, 2.45) is 5.92 Å². The average molecular weight is 249 g/mol. The van der Waals surface area contributed by atoms with Crippen LogP contribution in [0.2, 0.25) is 0 Å². The lowest BCUT2D eigenvalue weighted by atomic mass is 9.92. The van der Waals surface area contributed by atoms with Gasteiger partial charge in [0.2, 0.25) is 0 Å². The Kier molecular flexibility index (Phi) is 4.25. The molecular weight excluding hydrogens is 226 g/mol. The van der Waals surface area contributed by atoms with Crippen molar-refractivity contribution in [3.63, 3.8) is 0 Å². The summed E-state index contributed by atoms with van der Waals surface area (Å²) in [5, 5.41) is 3.38. The van der Waals surface area contributed by atoms with E-state index in [2.05, 4.69) is 37.4 Å². The molecule has 18 heavy (non-hydrogen) atoms. The third kappa shape index (κ3) is 2.52. The van der Waals surface area contributed by atoms with Gasteiger partial charge in [-0.25, -0.2) is 0 Å². The Morgan fingerprint density at radius 2 is 2.11 bits per heavy atom. The van der Waals surface area contributed by atoms with Gasteiger partial charge in [-0.3, -0.25) is 0 Å². The zero-order valence-corrected chi connectivity index (χ0v) is 11.7. The van der Waals surface area contributed by atoms with Crippen molar-refractivity contribution in [3.05, 3.63) is 29.3 Å². The highest BCUT2D eigenvalue weighted by Crippen LogP contribution is 2.31. The number of methoxy groups -OCH3 is 1. The highest BCUT2D eigenvalue weighted by Gasteiger charge is 2.25. The Morgan fingerprint density at radius 3 is 2.72 bits per heavy atom. The van der Waals surface area contributed by atoms with Gasteiger partial charge in [-0.05, 0) is 30.2 Å². The van der Waals surface area contributed by atoms with E-state index in [9.17, 15) is 0 Å². The number of hydrogen-bond acceptors (Lipinski definition) is 3. The summed E-state index contributed by atoms with van der Waals surface area (Å²) in [5.41, 5.74) is 2.59. The molecule has 0 bridgehead atoms. The Morgan fingerprint density at radius 1 is 1.33 bits per heavy atom. The van der Waals surface area contributed by atoms with Gasteiger partial charge in [0.05, 0.1) is 18.8 Å². The molecule has 1 heterocycles. The van der Waals surface area contributed by atoms with Crippen LogP contribution in [0.3, 0.4) is 0 Å². The van der Waals surface area contributed by atoms with E-state index in [4.69, 9.17) is 9.47 Å². The molecule has 0 aromatic heterocycles. The molecule has 0 radical (unpaired) electrons. The predicted molar refractivity (Wildman–Crippen MR) is 73.1 cm³/mol. The fraction of sp³-hybridized carbons (Fsp3) is 0.600. The Hall–Kier alpha value is -1.06. The van der Waals surface area contributed by atoms with E-state index >= 15 is 0 Å². The van der Waals surface area contributed by atoms with Gasteiger partial charge in [0.15, 0.2) is 0 Å². The minimum absolute atomic E-state index is 0.176. The molecule has 1 aromatic carbocycles. The second-order valence-corrected chi connectivity index (χ2v) is 5.18. The fourth-order valence-corrected chi connectivity index (χ4v) is 2.71. The number of rotatable bonds is 5. The van der Waals surface area contributed by atoms with Crippen LogP contribution in [0.5, 0.6) is 5.75 Å².